The van der Waals surface area contributed by atoms with E-state index in [-0.39, 0.29) is 0 Å². The summed E-state index contributed by atoms with van der Waals surface area (Å²) in [5.74, 6) is 0. The van der Waals surface area contributed by atoms with E-state index in [1.165, 1.54) is 0 Å². The molecule has 1 aliphatic heterocycles. The number of morpholine rings is 1. The van der Waals surface area contributed by atoms with Crippen LogP contribution in [0.3, 0.4) is 0 Å². The van der Waals surface area contributed by atoms with E-state index in [9.17, 15) is 0 Å². The number of hydrogen-bond donors (Lipinski definition) is 1. The highest BCUT2D eigenvalue weighted by molar-refractivity contribution is 4.61. The fourth-order valence-electron chi connectivity index (χ4n) is 1.09. The molecule has 1 aliphatic rings. The molecule has 0 spiro atoms. The number of rotatable bonds is 3. The van der Waals surface area contributed by atoms with Gasteiger partial charge in [-0.2, -0.15) is 0 Å². The van der Waals surface area contributed by atoms with Crippen molar-refractivity contribution in [3.05, 3.63) is 12.7 Å². The summed E-state index contributed by atoms with van der Waals surface area (Å²) >= 11 is 0. The van der Waals surface area contributed by atoms with Crippen molar-refractivity contribution in [2.24, 2.45) is 0 Å². The Bertz CT molecular complexity index is 111. The second-order valence-corrected chi connectivity index (χ2v) is 2.97. The van der Waals surface area contributed by atoms with E-state index in [0.29, 0.717) is 0 Å². The molecular formula is C10H22N2O. The Hall–Kier alpha value is -0.380. The van der Waals surface area contributed by atoms with Gasteiger partial charge in [0.25, 0.3) is 0 Å². The second-order valence-electron chi connectivity index (χ2n) is 2.97. The molecule has 0 aromatic heterocycles. The number of ether oxygens (including phenoxy) is 1. The largest absolute Gasteiger partial charge is 0.379 e. The van der Waals surface area contributed by atoms with Crippen molar-refractivity contribution < 1.29 is 4.74 Å². The number of nitrogens with zero attached hydrogens (tertiary/aromatic N) is 1. The highest BCUT2D eigenvalue weighted by Gasteiger charge is 2.07. The van der Waals surface area contributed by atoms with Crippen LogP contribution < -0.4 is 5.32 Å². The van der Waals surface area contributed by atoms with Crippen molar-refractivity contribution in [3.8, 4) is 0 Å². The van der Waals surface area contributed by atoms with E-state index in [0.717, 1.165) is 39.4 Å². The topological polar surface area (TPSA) is 24.5 Å². The van der Waals surface area contributed by atoms with Crippen LogP contribution in [0.5, 0.6) is 0 Å². The first kappa shape index (κ1) is 12.6. The predicted octanol–water partition coefficient (Wildman–Crippen LogP) is 0.730. The summed E-state index contributed by atoms with van der Waals surface area (Å²) < 4.78 is 5.22. The molecule has 1 rings (SSSR count). The molecule has 0 atom stereocenters. The van der Waals surface area contributed by atoms with E-state index >= 15 is 0 Å². The first-order valence-corrected chi connectivity index (χ1v) is 4.87. The zero-order valence-electron chi connectivity index (χ0n) is 8.88. The van der Waals surface area contributed by atoms with Gasteiger partial charge >= 0.3 is 0 Å². The standard InChI is InChI=1S/C7H16N2O.C3H6/c1-8-2-3-9-4-6-10-7-5-9;1-3-2/h8H,2-7H2,1H3;3H,1H2,2H3. The van der Waals surface area contributed by atoms with Gasteiger partial charge in [0.05, 0.1) is 13.2 Å². The summed E-state index contributed by atoms with van der Waals surface area (Å²) in [6.07, 6.45) is 1.75. The zero-order chi connectivity index (χ0) is 9.94. The van der Waals surface area contributed by atoms with E-state index in [4.69, 9.17) is 4.74 Å². The number of likely N-dealkylation sites (N-methyl/N-ethyl adjacent to an activating group) is 1. The molecule has 3 nitrogen and oxygen atoms in total. The third-order valence-electron chi connectivity index (χ3n) is 1.78. The highest BCUT2D eigenvalue weighted by Crippen LogP contribution is 1.94. The SMILES string of the molecule is C=CC.CNCCN1CCOCC1. The molecule has 13 heavy (non-hydrogen) atoms. The minimum atomic E-state index is 0.906. The zero-order valence-corrected chi connectivity index (χ0v) is 8.88. The van der Waals surface area contributed by atoms with Crippen molar-refractivity contribution in [1.82, 2.24) is 10.2 Å². The molecule has 0 aliphatic carbocycles. The monoisotopic (exact) mass is 186 g/mol. The van der Waals surface area contributed by atoms with Gasteiger partial charge in [-0.25, -0.2) is 0 Å². The van der Waals surface area contributed by atoms with E-state index < -0.39 is 0 Å². The number of hydrogen-bond acceptors (Lipinski definition) is 3. The molecule has 1 fully saturated rings. The Morgan fingerprint density at radius 3 is 2.46 bits per heavy atom. The third-order valence-corrected chi connectivity index (χ3v) is 1.78. The van der Waals surface area contributed by atoms with Crippen LogP contribution in [0.15, 0.2) is 12.7 Å². The first-order chi connectivity index (χ1) is 6.35. The first-order valence-electron chi connectivity index (χ1n) is 4.87. The summed E-state index contributed by atoms with van der Waals surface area (Å²) in [5.41, 5.74) is 0. The summed E-state index contributed by atoms with van der Waals surface area (Å²) in [4.78, 5) is 2.42. The van der Waals surface area contributed by atoms with Crippen LogP contribution in [0.4, 0.5) is 0 Å². The smallest absolute Gasteiger partial charge is 0.0594 e. The minimum absolute atomic E-state index is 0.906. The van der Waals surface area contributed by atoms with Crippen LogP contribution in [0.2, 0.25) is 0 Å². The molecule has 78 valence electrons. The van der Waals surface area contributed by atoms with Gasteiger partial charge in [0.1, 0.15) is 0 Å². The molecule has 1 heterocycles. The maximum absolute atomic E-state index is 5.22. The fourth-order valence-corrected chi connectivity index (χ4v) is 1.09. The molecule has 1 saturated heterocycles. The van der Waals surface area contributed by atoms with Crippen molar-refractivity contribution in [2.75, 3.05) is 46.4 Å². The Morgan fingerprint density at radius 1 is 1.46 bits per heavy atom. The van der Waals surface area contributed by atoms with E-state index in [1.807, 2.05) is 14.0 Å². The molecular weight excluding hydrogens is 164 g/mol. The molecule has 0 amide bonds. The van der Waals surface area contributed by atoms with Gasteiger partial charge in [-0.1, -0.05) is 6.08 Å². The van der Waals surface area contributed by atoms with Crippen molar-refractivity contribution in [3.63, 3.8) is 0 Å². The molecule has 1 N–H and O–H groups in total. The van der Waals surface area contributed by atoms with Crippen molar-refractivity contribution >= 4 is 0 Å². The lowest BCUT2D eigenvalue weighted by Gasteiger charge is -2.26. The summed E-state index contributed by atoms with van der Waals surface area (Å²) in [7, 11) is 1.99. The third kappa shape index (κ3) is 7.96. The molecule has 0 unspecified atom stereocenters. The average Bonchev–Trinajstić information content (AvgIpc) is 2.18. The summed E-state index contributed by atoms with van der Waals surface area (Å²) in [5, 5.41) is 3.13. The fraction of sp³-hybridized carbons (Fsp3) is 0.800. The lowest BCUT2D eigenvalue weighted by molar-refractivity contribution is 0.0386. The van der Waals surface area contributed by atoms with E-state index in [1.54, 1.807) is 6.08 Å². The van der Waals surface area contributed by atoms with E-state index in [2.05, 4.69) is 16.8 Å². The normalized spacial score (nSPS) is 17.4. The quantitative estimate of drug-likeness (QED) is 0.658. The molecule has 3 heteroatoms. The summed E-state index contributed by atoms with van der Waals surface area (Å²) in [6, 6.07) is 0. The molecule has 0 aromatic rings. The maximum atomic E-state index is 5.22. The summed E-state index contributed by atoms with van der Waals surface area (Å²) in [6.45, 7) is 11.5. The molecule has 0 aromatic carbocycles. The van der Waals surface area contributed by atoms with Gasteiger partial charge in [-0.05, 0) is 14.0 Å². The van der Waals surface area contributed by atoms with Gasteiger partial charge in [-0.3, -0.25) is 4.90 Å². The van der Waals surface area contributed by atoms with Gasteiger partial charge in [0, 0.05) is 26.2 Å². The van der Waals surface area contributed by atoms with Gasteiger partial charge in [0.2, 0.25) is 0 Å². The highest BCUT2D eigenvalue weighted by atomic mass is 16.5. The Kier molecular flexibility index (Phi) is 9.42. The molecule has 0 radical (unpaired) electrons. The minimum Gasteiger partial charge on any atom is -0.379 e. The second kappa shape index (κ2) is 9.71. The van der Waals surface area contributed by atoms with Gasteiger partial charge in [-0.15, -0.1) is 6.58 Å². The average molecular weight is 186 g/mol. The Balaban J connectivity index is 0.000000424. The molecule has 0 saturated carbocycles. The lowest BCUT2D eigenvalue weighted by Crippen LogP contribution is -2.39. The number of nitrogens with one attached hydrogen (secondary N) is 1. The van der Waals surface area contributed by atoms with Gasteiger partial charge < -0.3 is 10.1 Å². The Morgan fingerprint density at radius 2 is 2.00 bits per heavy atom. The predicted molar refractivity (Wildman–Crippen MR) is 57.1 cm³/mol. The Labute approximate surface area is 81.8 Å². The lowest BCUT2D eigenvalue weighted by atomic mass is 10.4. The molecule has 0 bridgehead atoms. The maximum Gasteiger partial charge on any atom is 0.0594 e. The van der Waals surface area contributed by atoms with Crippen LogP contribution in [0, 0.1) is 0 Å². The van der Waals surface area contributed by atoms with Crippen LogP contribution in [0.25, 0.3) is 0 Å². The van der Waals surface area contributed by atoms with Crippen molar-refractivity contribution in [2.45, 2.75) is 6.92 Å². The van der Waals surface area contributed by atoms with Crippen molar-refractivity contribution in [1.29, 1.82) is 0 Å². The van der Waals surface area contributed by atoms with Crippen LogP contribution in [0.1, 0.15) is 6.92 Å². The van der Waals surface area contributed by atoms with Crippen LogP contribution in [-0.4, -0.2) is 51.3 Å². The van der Waals surface area contributed by atoms with Crippen LogP contribution >= 0.6 is 0 Å². The van der Waals surface area contributed by atoms with Crippen LogP contribution in [-0.2, 0) is 4.74 Å². The number of allylic oxidation sites excluding steroid dienone is 1. The van der Waals surface area contributed by atoms with Gasteiger partial charge in [0.15, 0.2) is 0 Å².